The summed E-state index contributed by atoms with van der Waals surface area (Å²) in [5.41, 5.74) is 1.21. The van der Waals surface area contributed by atoms with Crippen molar-refractivity contribution in [2.45, 2.75) is 20.4 Å². The van der Waals surface area contributed by atoms with Gasteiger partial charge in [-0.1, -0.05) is 26.0 Å². The maximum absolute atomic E-state index is 5.73. The van der Waals surface area contributed by atoms with E-state index in [1.807, 2.05) is 12.1 Å². The van der Waals surface area contributed by atoms with E-state index < -0.39 is 0 Å². The van der Waals surface area contributed by atoms with Crippen molar-refractivity contribution < 1.29 is 4.74 Å². The predicted octanol–water partition coefficient (Wildman–Crippen LogP) is 2.73. The molecule has 1 aromatic rings. The summed E-state index contributed by atoms with van der Waals surface area (Å²) in [6.45, 7) is 7.73. The van der Waals surface area contributed by atoms with Gasteiger partial charge >= 0.3 is 0 Å². The van der Waals surface area contributed by atoms with Crippen molar-refractivity contribution in [1.82, 2.24) is 10.2 Å². The molecule has 0 amide bonds. The van der Waals surface area contributed by atoms with E-state index >= 15 is 0 Å². The largest absolute Gasteiger partial charge is 0.493 e. The van der Waals surface area contributed by atoms with Crippen LogP contribution in [0, 0.1) is 5.92 Å². The van der Waals surface area contributed by atoms with Crippen LogP contribution < -0.4 is 10.1 Å². The number of rotatable bonds is 5. The van der Waals surface area contributed by atoms with E-state index in [1.165, 1.54) is 5.56 Å². The molecule has 1 aromatic carbocycles. The van der Waals surface area contributed by atoms with Crippen LogP contribution in [0.4, 0.5) is 0 Å². The number of hydrogen-bond donors (Lipinski definition) is 1. The van der Waals surface area contributed by atoms with Gasteiger partial charge in [-0.15, -0.1) is 24.0 Å². The topological polar surface area (TPSA) is 36.9 Å². The highest BCUT2D eigenvalue weighted by molar-refractivity contribution is 14.0. The number of guanidine groups is 1. The molecule has 2 rings (SSSR count). The Bertz CT molecular complexity index is 448. The fourth-order valence-electron chi connectivity index (χ4n) is 1.91. The Kier molecular flexibility index (Phi) is 7.12. The van der Waals surface area contributed by atoms with Crippen LogP contribution in [0.15, 0.2) is 29.3 Å². The molecule has 0 bridgehead atoms. The van der Waals surface area contributed by atoms with Crippen molar-refractivity contribution in [1.29, 1.82) is 0 Å². The standard InChI is InChI=1S/C15H23N3O.HI/c1-12(2)11-19-14-6-4-5-13(9-14)10-17-15-16-7-8-18(15)3;/h4-6,9,12H,7-8,10-11H2,1-3H3,(H,16,17);1H. The summed E-state index contributed by atoms with van der Waals surface area (Å²) in [6, 6.07) is 8.23. The first-order chi connectivity index (χ1) is 9.15. The second-order valence-corrected chi connectivity index (χ2v) is 5.33. The lowest BCUT2D eigenvalue weighted by Gasteiger charge is -2.15. The molecule has 0 atom stereocenters. The first-order valence-corrected chi connectivity index (χ1v) is 6.86. The summed E-state index contributed by atoms with van der Waals surface area (Å²) in [6.07, 6.45) is 0. The minimum absolute atomic E-state index is 0. The smallest absolute Gasteiger partial charge is 0.194 e. The quantitative estimate of drug-likeness (QED) is 0.787. The molecule has 0 aliphatic carbocycles. The van der Waals surface area contributed by atoms with Crippen LogP contribution in [0.3, 0.4) is 0 Å². The highest BCUT2D eigenvalue weighted by Gasteiger charge is 2.11. The average Bonchev–Trinajstić information content (AvgIpc) is 2.80. The van der Waals surface area contributed by atoms with E-state index in [0.29, 0.717) is 5.92 Å². The normalized spacial score (nSPS) is 14.0. The molecule has 1 aliphatic rings. The maximum atomic E-state index is 5.73. The monoisotopic (exact) mass is 389 g/mol. The predicted molar refractivity (Wildman–Crippen MR) is 94.0 cm³/mol. The maximum Gasteiger partial charge on any atom is 0.194 e. The van der Waals surface area contributed by atoms with Crippen LogP contribution in [0.2, 0.25) is 0 Å². The lowest BCUT2D eigenvalue weighted by atomic mass is 10.2. The van der Waals surface area contributed by atoms with Crippen molar-refractivity contribution >= 4 is 29.9 Å². The Labute approximate surface area is 138 Å². The van der Waals surface area contributed by atoms with Crippen LogP contribution >= 0.6 is 24.0 Å². The zero-order valence-corrected chi connectivity index (χ0v) is 14.8. The molecule has 1 heterocycles. The van der Waals surface area contributed by atoms with Gasteiger partial charge < -0.3 is 15.0 Å². The molecule has 0 unspecified atom stereocenters. The van der Waals surface area contributed by atoms with Crippen molar-refractivity contribution in [3.05, 3.63) is 29.8 Å². The van der Waals surface area contributed by atoms with Gasteiger partial charge in [0.2, 0.25) is 0 Å². The summed E-state index contributed by atoms with van der Waals surface area (Å²) in [4.78, 5) is 6.55. The molecule has 0 saturated heterocycles. The van der Waals surface area contributed by atoms with Gasteiger partial charge in [0.1, 0.15) is 5.75 Å². The van der Waals surface area contributed by atoms with E-state index in [9.17, 15) is 0 Å². The number of ether oxygens (including phenoxy) is 1. The van der Waals surface area contributed by atoms with Crippen LogP contribution in [-0.4, -0.2) is 37.6 Å². The third-order valence-electron chi connectivity index (χ3n) is 2.99. The third kappa shape index (κ3) is 5.19. The van der Waals surface area contributed by atoms with Gasteiger partial charge in [-0.05, 0) is 23.6 Å². The summed E-state index contributed by atoms with van der Waals surface area (Å²) in [5.74, 6) is 2.46. The van der Waals surface area contributed by atoms with Gasteiger partial charge in [-0.3, -0.25) is 4.99 Å². The summed E-state index contributed by atoms with van der Waals surface area (Å²) in [7, 11) is 2.06. The number of nitrogens with one attached hydrogen (secondary N) is 1. The fraction of sp³-hybridized carbons (Fsp3) is 0.533. The van der Waals surface area contributed by atoms with Crippen molar-refractivity contribution in [3.8, 4) is 5.75 Å². The van der Waals surface area contributed by atoms with Gasteiger partial charge in [0.15, 0.2) is 5.96 Å². The summed E-state index contributed by atoms with van der Waals surface area (Å²) < 4.78 is 5.73. The Hall–Kier alpha value is -0.980. The molecule has 0 saturated carbocycles. The van der Waals surface area contributed by atoms with Gasteiger partial charge in [0, 0.05) is 20.1 Å². The Balaban J connectivity index is 0.00000200. The van der Waals surface area contributed by atoms with Crippen molar-refractivity contribution in [2.24, 2.45) is 10.9 Å². The van der Waals surface area contributed by atoms with Gasteiger partial charge in [0.05, 0.1) is 13.2 Å². The van der Waals surface area contributed by atoms with E-state index in [-0.39, 0.29) is 24.0 Å². The Morgan fingerprint density at radius 1 is 1.40 bits per heavy atom. The highest BCUT2D eigenvalue weighted by atomic mass is 127. The molecule has 0 spiro atoms. The number of aliphatic imine (C=N–C) groups is 1. The van der Waals surface area contributed by atoms with Crippen LogP contribution in [0.1, 0.15) is 19.4 Å². The molecular formula is C15H24IN3O. The first kappa shape index (κ1) is 17.1. The molecule has 5 heteroatoms. The van der Waals surface area contributed by atoms with E-state index in [0.717, 1.165) is 38.0 Å². The first-order valence-electron chi connectivity index (χ1n) is 6.86. The van der Waals surface area contributed by atoms with Crippen LogP contribution in [0.25, 0.3) is 0 Å². The number of likely N-dealkylation sites (N-methyl/N-ethyl adjacent to an activating group) is 1. The second-order valence-electron chi connectivity index (χ2n) is 5.33. The molecule has 0 fully saturated rings. The minimum atomic E-state index is 0. The Morgan fingerprint density at radius 3 is 2.85 bits per heavy atom. The number of halogens is 1. The molecule has 1 N–H and O–H groups in total. The van der Waals surface area contributed by atoms with Crippen molar-refractivity contribution in [3.63, 3.8) is 0 Å². The molecule has 0 radical (unpaired) electrons. The van der Waals surface area contributed by atoms with Gasteiger partial charge in [-0.2, -0.15) is 0 Å². The average molecular weight is 389 g/mol. The SMILES string of the molecule is CC(C)COc1cccc(CNC2=NCCN2C)c1.I. The zero-order valence-electron chi connectivity index (χ0n) is 12.4. The van der Waals surface area contributed by atoms with Crippen molar-refractivity contribution in [2.75, 3.05) is 26.7 Å². The third-order valence-corrected chi connectivity index (χ3v) is 2.99. The van der Waals surface area contributed by atoms with Gasteiger partial charge in [0.25, 0.3) is 0 Å². The number of benzene rings is 1. The molecule has 1 aliphatic heterocycles. The number of hydrogen-bond acceptors (Lipinski definition) is 4. The zero-order chi connectivity index (χ0) is 13.7. The molecule has 0 aromatic heterocycles. The van der Waals surface area contributed by atoms with E-state index in [2.05, 4.69) is 48.2 Å². The van der Waals surface area contributed by atoms with Crippen LogP contribution in [-0.2, 0) is 6.54 Å². The lowest BCUT2D eigenvalue weighted by molar-refractivity contribution is 0.271. The van der Waals surface area contributed by atoms with Crippen LogP contribution in [0.5, 0.6) is 5.75 Å². The van der Waals surface area contributed by atoms with E-state index in [4.69, 9.17) is 4.74 Å². The van der Waals surface area contributed by atoms with Gasteiger partial charge in [-0.25, -0.2) is 0 Å². The summed E-state index contributed by atoms with van der Waals surface area (Å²) >= 11 is 0. The molecule has 20 heavy (non-hydrogen) atoms. The minimum Gasteiger partial charge on any atom is -0.493 e. The second kappa shape index (κ2) is 8.34. The molecule has 4 nitrogen and oxygen atoms in total. The Morgan fingerprint density at radius 2 is 2.20 bits per heavy atom. The highest BCUT2D eigenvalue weighted by Crippen LogP contribution is 2.14. The summed E-state index contributed by atoms with van der Waals surface area (Å²) in [5, 5.41) is 3.36. The molecule has 112 valence electrons. The fourth-order valence-corrected chi connectivity index (χ4v) is 1.91. The lowest BCUT2D eigenvalue weighted by Crippen LogP contribution is -2.35. The number of nitrogens with zero attached hydrogens (tertiary/aromatic N) is 2. The molecular weight excluding hydrogens is 365 g/mol. The van der Waals surface area contributed by atoms with E-state index in [1.54, 1.807) is 0 Å².